The van der Waals surface area contributed by atoms with Gasteiger partial charge in [0.05, 0.1) is 0 Å². The molecular formula is C27H40N2O2. The Kier molecular flexibility index (Phi) is 15.5. The maximum Gasteiger partial charge on any atom is 0.240 e. The summed E-state index contributed by atoms with van der Waals surface area (Å²) in [6.07, 6.45) is 34.6. The van der Waals surface area contributed by atoms with Crippen LogP contribution in [0.25, 0.3) is 0 Å². The molecule has 0 radical (unpaired) electrons. The molecule has 1 aliphatic rings. The highest BCUT2D eigenvalue weighted by molar-refractivity contribution is 5.87. The van der Waals surface area contributed by atoms with Gasteiger partial charge in [-0.2, -0.15) is 0 Å². The summed E-state index contributed by atoms with van der Waals surface area (Å²) in [7, 11) is 0. The van der Waals surface area contributed by atoms with Crippen molar-refractivity contribution in [3.8, 4) is 0 Å². The number of hydrogen-bond donors (Lipinski definition) is 1. The van der Waals surface area contributed by atoms with E-state index in [1.165, 1.54) is 0 Å². The molecule has 0 aliphatic carbocycles. The van der Waals surface area contributed by atoms with E-state index in [0.717, 1.165) is 44.9 Å². The summed E-state index contributed by atoms with van der Waals surface area (Å²) in [5.41, 5.74) is 5.36. The number of allylic oxidation sites excluding steroid dienone is 12. The molecule has 4 heteroatoms. The smallest absolute Gasteiger partial charge is 0.240 e. The van der Waals surface area contributed by atoms with Crippen LogP contribution in [0.2, 0.25) is 0 Å². The van der Waals surface area contributed by atoms with E-state index in [9.17, 15) is 9.59 Å². The molecule has 1 fully saturated rings. The van der Waals surface area contributed by atoms with Crippen molar-refractivity contribution < 1.29 is 9.59 Å². The second-order valence-corrected chi connectivity index (χ2v) is 7.60. The molecular weight excluding hydrogens is 384 g/mol. The van der Waals surface area contributed by atoms with Crippen LogP contribution in [0.1, 0.15) is 71.1 Å². The minimum Gasteiger partial charge on any atom is -0.368 e. The zero-order valence-corrected chi connectivity index (χ0v) is 19.1. The van der Waals surface area contributed by atoms with Gasteiger partial charge in [0.15, 0.2) is 0 Å². The lowest BCUT2D eigenvalue weighted by Gasteiger charge is -2.21. The zero-order valence-electron chi connectivity index (χ0n) is 19.1. The SMILES string of the molecule is CC/C=C\C/C=C\C/C=C\C/C=C\C/C=C\C/C=C\CCC(=O)N1CCC[C@H]1C(N)=O. The lowest BCUT2D eigenvalue weighted by atomic mass is 10.2. The van der Waals surface area contributed by atoms with Crippen LogP contribution in [0, 0.1) is 0 Å². The van der Waals surface area contributed by atoms with Gasteiger partial charge in [-0.25, -0.2) is 0 Å². The van der Waals surface area contributed by atoms with Crippen molar-refractivity contribution in [3.05, 3.63) is 72.9 Å². The average molecular weight is 425 g/mol. The van der Waals surface area contributed by atoms with Gasteiger partial charge in [0.1, 0.15) is 6.04 Å². The molecule has 1 heterocycles. The molecule has 0 spiro atoms. The molecule has 2 N–H and O–H groups in total. The minimum absolute atomic E-state index is 0.0285. The quantitative estimate of drug-likeness (QED) is 0.331. The summed E-state index contributed by atoms with van der Waals surface area (Å²) in [5, 5.41) is 0. The van der Waals surface area contributed by atoms with Gasteiger partial charge in [0.2, 0.25) is 11.8 Å². The van der Waals surface area contributed by atoms with Crippen molar-refractivity contribution in [3.63, 3.8) is 0 Å². The van der Waals surface area contributed by atoms with Gasteiger partial charge >= 0.3 is 0 Å². The van der Waals surface area contributed by atoms with Crippen LogP contribution in [-0.2, 0) is 9.59 Å². The first-order chi connectivity index (χ1) is 15.2. The molecule has 0 aromatic heterocycles. The molecule has 31 heavy (non-hydrogen) atoms. The second kappa shape index (κ2) is 18.2. The van der Waals surface area contributed by atoms with E-state index in [-0.39, 0.29) is 11.8 Å². The van der Waals surface area contributed by atoms with Crippen LogP contribution in [0.3, 0.4) is 0 Å². The molecule has 170 valence electrons. The molecule has 4 nitrogen and oxygen atoms in total. The molecule has 0 unspecified atom stereocenters. The summed E-state index contributed by atoms with van der Waals surface area (Å²) >= 11 is 0. The van der Waals surface area contributed by atoms with E-state index >= 15 is 0 Å². The molecule has 0 aromatic rings. The lowest BCUT2D eigenvalue weighted by Crippen LogP contribution is -2.43. The van der Waals surface area contributed by atoms with Crippen molar-refractivity contribution >= 4 is 11.8 Å². The Morgan fingerprint density at radius 2 is 1.23 bits per heavy atom. The molecule has 1 saturated heterocycles. The Morgan fingerprint density at radius 1 is 0.774 bits per heavy atom. The Bertz CT molecular complexity index is 683. The van der Waals surface area contributed by atoms with E-state index in [4.69, 9.17) is 5.73 Å². The summed E-state index contributed by atoms with van der Waals surface area (Å²) in [4.78, 5) is 25.2. The first-order valence-electron chi connectivity index (χ1n) is 11.7. The summed E-state index contributed by atoms with van der Waals surface area (Å²) in [6, 6.07) is -0.405. The number of carbonyl (C=O) groups is 2. The average Bonchev–Trinajstić information content (AvgIpc) is 3.26. The van der Waals surface area contributed by atoms with E-state index < -0.39 is 6.04 Å². The lowest BCUT2D eigenvalue weighted by molar-refractivity contribution is -0.137. The largest absolute Gasteiger partial charge is 0.368 e. The summed E-state index contributed by atoms with van der Waals surface area (Å²) < 4.78 is 0. The Labute approximate surface area is 189 Å². The highest BCUT2D eigenvalue weighted by Gasteiger charge is 2.31. The maximum absolute atomic E-state index is 12.2. The highest BCUT2D eigenvalue weighted by atomic mass is 16.2. The van der Waals surface area contributed by atoms with Gasteiger partial charge in [-0.05, 0) is 57.8 Å². The monoisotopic (exact) mass is 424 g/mol. The van der Waals surface area contributed by atoms with Crippen LogP contribution < -0.4 is 5.73 Å². The normalized spacial score (nSPS) is 17.7. The van der Waals surface area contributed by atoms with Gasteiger partial charge < -0.3 is 10.6 Å². The topological polar surface area (TPSA) is 63.4 Å². The van der Waals surface area contributed by atoms with Crippen LogP contribution in [-0.4, -0.2) is 29.3 Å². The summed E-state index contributed by atoms with van der Waals surface area (Å²) in [6.45, 7) is 2.80. The molecule has 1 atom stereocenters. The van der Waals surface area contributed by atoms with Crippen molar-refractivity contribution in [1.29, 1.82) is 0 Å². The third kappa shape index (κ3) is 13.3. The molecule has 1 rings (SSSR count). The molecule has 1 aliphatic heterocycles. The zero-order chi connectivity index (χ0) is 22.6. The van der Waals surface area contributed by atoms with Gasteiger partial charge in [-0.3, -0.25) is 9.59 Å². The Balaban J connectivity index is 2.03. The van der Waals surface area contributed by atoms with Crippen LogP contribution in [0.4, 0.5) is 0 Å². The fourth-order valence-electron chi connectivity index (χ4n) is 3.35. The number of nitrogens with zero attached hydrogens (tertiary/aromatic N) is 1. The third-order valence-corrected chi connectivity index (χ3v) is 5.02. The number of carbonyl (C=O) groups excluding carboxylic acids is 2. The molecule has 2 amide bonds. The number of nitrogens with two attached hydrogens (primary N) is 1. The number of rotatable bonds is 15. The summed E-state index contributed by atoms with van der Waals surface area (Å²) in [5.74, 6) is -0.361. The fourth-order valence-corrected chi connectivity index (χ4v) is 3.35. The van der Waals surface area contributed by atoms with Crippen molar-refractivity contribution in [2.45, 2.75) is 77.2 Å². The van der Waals surface area contributed by atoms with Crippen LogP contribution in [0.15, 0.2) is 72.9 Å². The predicted octanol–water partition coefficient (Wildman–Crippen LogP) is 5.94. The minimum atomic E-state index is -0.405. The first kappa shape index (κ1) is 26.4. The van der Waals surface area contributed by atoms with Crippen LogP contribution >= 0.6 is 0 Å². The van der Waals surface area contributed by atoms with E-state index in [1.807, 2.05) is 6.08 Å². The van der Waals surface area contributed by atoms with Crippen LogP contribution in [0.5, 0.6) is 0 Å². The second-order valence-electron chi connectivity index (χ2n) is 7.60. The van der Waals surface area contributed by atoms with E-state index in [0.29, 0.717) is 25.8 Å². The maximum atomic E-state index is 12.2. The molecule has 0 bridgehead atoms. The number of amides is 2. The third-order valence-electron chi connectivity index (χ3n) is 5.02. The van der Waals surface area contributed by atoms with Gasteiger partial charge in [0, 0.05) is 13.0 Å². The van der Waals surface area contributed by atoms with Gasteiger partial charge in [0.25, 0.3) is 0 Å². The number of likely N-dealkylation sites (tertiary alicyclic amines) is 1. The first-order valence-corrected chi connectivity index (χ1v) is 11.7. The molecule has 0 saturated carbocycles. The van der Waals surface area contributed by atoms with E-state index in [1.54, 1.807) is 4.90 Å². The molecule has 0 aromatic carbocycles. The van der Waals surface area contributed by atoms with E-state index in [2.05, 4.69) is 73.8 Å². The Morgan fingerprint density at radius 3 is 1.68 bits per heavy atom. The standard InChI is InChI=1S/C27H40N2O2/c1-2-3-4-5-6-7-8-9-10-11-12-13-14-15-16-17-18-19-20-23-26(30)29-24-21-22-25(29)27(28)31/h3-4,6-7,9-10,12-13,15-16,18-19,25H,2,5,8,11,14,17,20-24H2,1H3,(H2,28,31)/b4-3-,7-6-,10-9-,13-12-,16-15-,19-18-/t25-/m0/s1. The van der Waals surface area contributed by atoms with Crippen molar-refractivity contribution in [2.24, 2.45) is 5.73 Å². The van der Waals surface area contributed by atoms with Crippen molar-refractivity contribution in [1.82, 2.24) is 4.90 Å². The fraction of sp³-hybridized carbons (Fsp3) is 0.481. The van der Waals surface area contributed by atoms with Crippen molar-refractivity contribution in [2.75, 3.05) is 6.54 Å². The number of hydrogen-bond acceptors (Lipinski definition) is 2. The number of primary amides is 1. The van der Waals surface area contributed by atoms with Gasteiger partial charge in [-0.15, -0.1) is 0 Å². The predicted molar refractivity (Wildman–Crippen MR) is 131 cm³/mol. The Hall–Kier alpha value is -2.62. The highest BCUT2D eigenvalue weighted by Crippen LogP contribution is 2.18. The van der Waals surface area contributed by atoms with Gasteiger partial charge in [-0.1, -0.05) is 79.8 Å².